The minimum absolute atomic E-state index is 0.223. The van der Waals surface area contributed by atoms with Crippen molar-refractivity contribution in [3.05, 3.63) is 29.3 Å². The first-order valence-electron chi connectivity index (χ1n) is 7.82. The molecule has 0 bridgehead atoms. The number of ether oxygens (including phenoxy) is 2. The molecule has 120 valence electrons. The number of aliphatic hydroxyl groups is 2. The molecule has 3 rings (SSSR count). The van der Waals surface area contributed by atoms with E-state index < -0.39 is 18.4 Å². The van der Waals surface area contributed by atoms with E-state index in [9.17, 15) is 9.90 Å². The number of fused-ring (bicyclic) bond motifs is 3. The van der Waals surface area contributed by atoms with Crippen molar-refractivity contribution in [3.8, 4) is 5.75 Å². The summed E-state index contributed by atoms with van der Waals surface area (Å²) in [6.07, 6.45) is 4.51. The lowest BCUT2D eigenvalue weighted by Crippen LogP contribution is -2.37. The Labute approximate surface area is 129 Å². The Bertz CT molecular complexity index is 566. The van der Waals surface area contributed by atoms with Crippen molar-refractivity contribution < 1.29 is 24.5 Å². The highest BCUT2D eigenvalue weighted by atomic mass is 16.6. The first-order valence-corrected chi connectivity index (χ1v) is 7.82. The molecule has 0 spiro atoms. The van der Waals surface area contributed by atoms with Gasteiger partial charge in [0.15, 0.2) is 12.4 Å². The van der Waals surface area contributed by atoms with Crippen LogP contribution in [0, 0.1) is 0 Å². The number of aryl methyl sites for hydroxylation is 1. The van der Waals surface area contributed by atoms with Gasteiger partial charge in [0, 0.05) is 11.5 Å². The van der Waals surface area contributed by atoms with Crippen LogP contribution in [-0.2, 0) is 16.0 Å². The quantitative estimate of drug-likeness (QED) is 0.642. The van der Waals surface area contributed by atoms with Crippen molar-refractivity contribution in [2.24, 2.45) is 0 Å². The number of esters is 1. The molecule has 1 fully saturated rings. The number of hydrogen-bond acceptors (Lipinski definition) is 5. The minimum Gasteiger partial charge on any atom is -0.489 e. The fourth-order valence-corrected chi connectivity index (χ4v) is 3.51. The fourth-order valence-electron chi connectivity index (χ4n) is 3.51. The monoisotopic (exact) mass is 306 g/mol. The molecule has 1 aromatic carbocycles. The molecule has 1 saturated carbocycles. The summed E-state index contributed by atoms with van der Waals surface area (Å²) >= 11 is 0. The molecule has 5 heteroatoms. The molecule has 2 aliphatic rings. The minimum atomic E-state index is -1.61. The molecule has 22 heavy (non-hydrogen) atoms. The number of para-hydroxylation sites is 1. The molecule has 2 N–H and O–H groups in total. The van der Waals surface area contributed by atoms with Gasteiger partial charge in [-0.2, -0.15) is 0 Å². The molecule has 1 aliphatic heterocycles. The molecule has 1 aliphatic carbocycles. The lowest BCUT2D eigenvalue weighted by Gasteiger charge is -2.21. The van der Waals surface area contributed by atoms with Crippen molar-refractivity contribution in [1.29, 1.82) is 0 Å². The number of aliphatic hydroxyl groups excluding tert-OH is 1. The second kappa shape index (κ2) is 5.89. The average Bonchev–Trinajstić information content (AvgIpc) is 3.06. The Hall–Kier alpha value is -1.59. The summed E-state index contributed by atoms with van der Waals surface area (Å²) in [5.74, 6) is 0.624. The second-order valence-electron chi connectivity index (χ2n) is 6.36. The summed E-state index contributed by atoms with van der Waals surface area (Å²) in [4.78, 5) is 11.6. The smallest absolute Gasteiger partial charge is 0.339 e. The maximum Gasteiger partial charge on any atom is 0.339 e. The molecule has 0 radical (unpaired) electrons. The van der Waals surface area contributed by atoms with Gasteiger partial charge in [0.1, 0.15) is 11.9 Å². The van der Waals surface area contributed by atoms with E-state index in [2.05, 4.69) is 10.8 Å². The van der Waals surface area contributed by atoms with Crippen LogP contribution in [0.5, 0.6) is 5.75 Å². The second-order valence-corrected chi connectivity index (χ2v) is 6.36. The van der Waals surface area contributed by atoms with Gasteiger partial charge in [-0.25, -0.2) is 4.79 Å². The molecular formula is C17H22O5. The molecule has 1 aromatic rings. The van der Waals surface area contributed by atoms with Gasteiger partial charge >= 0.3 is 5.97 Å². The van der Waals surface area contributed by atoms with Crippen LogP contribution in [0.3, 0.4) is 0 Å². The summed E-state index contributed by atoms with van der Waals surface area (Å²) in [5, 5.41) is 18.8. The van der Waals surface area contributed by atoms with Gasteiger partial charge in [-0.1, -0.05) is 18.2 Å². The van der Waals surface area contributed by atoms with Crippen LogP contribution in [0.1, 0.15) is 49.7 Å². The standard InChI is InChI=1S/C17H22O5/c1-17(20,16(19)21-10-18)9-8-11-4-2-6-13-12-5-3-7-14(12)22-15(11)13/h2,4,6,12,14,18,20H,3,5,7-10H2,1H3/t12-,14-,17?/m1/s1. The Morgan fingerprint density at radius 1 is 1.45 bits per heavy atom. The number of benzene rings is 1. The third-order valence-corrected chi connectivity index (χ3v) is 4.76. The van der Waals surface area contributed by atoms with Crippen LogP contribution in [0.4, 0.5) is 0 Å². The topological polar surface area (TPSA) is 76.0 Å². The molecular weight excluding hydrogens is 284 g/mol. The maximum atomic E-state index is 11.6. The summed E-state index contributed by atoms with van der Waals surface area (Å²) in [6.45, 7) is 0.686. The summed E-state index contributed by atoms with van der Waals surface area (Å²) in [6, 6.07) is 6.11. The summed E-state index contributed by atoms with van der Waals surface area (Å²) in [5.41, 5.74) is 0.668. The zero-order chi connectivity index (χ0) is 15.7. The molecule has 1 heterocycles. The summed E-state index contributed by atoms with van der Waals surface area (Å²) < 4.78 is 10.6. The van der Waals surface area contributed by atoms with Crippen molar-refractivity contribution in [2.45, 2.75) is 56.7 Å². The van der Waals surface area contributed by atoms with Crippen LogP contribution in [0.2, 0.25) is 0 Å². The first-order chi connectivity index (χ1) is 10.5. The van der Waals surface area contributed by atoms with Crippen molar-refractivity contribution in [2.75, 3.05) is 6.79 Å². The zero-order valence-corrected chi connectivity index (χ0v) is 12.7. The van der Waals surface area contributed by atoms with Crippen molar-refractivity contribution in [1.82, 2.24) is 0 Å². The Morgan fingerprint density at radius 3 is 3.05 bits per heavy atom. The van der Waals surface area contributed by atoms with Crippen LogP contribution in [0.15, 0.2) is 18.2 Å². The average molecular weight is 306 g/mol. The van der Waals surface area contributed by atoms with Gasteiger partial charge in [-0.15, -0.1) is 0 Å². The Kier molecular flexibility index (Phi) is 4.10. The van der Waals surface area contributed by atoms with Gasteiger partial charge in [0.05, 0.1) is 0 Å². The Morgan fingerprint density at radius 2 is 2.27 bits per heavy atom. The van der Waals surface area contributed by atoms with E-state index in [1.807, 2.05) is 12.1 Å². The van der Waals surface area contributed by atoms with Crippen LogP contribution in [-0.4, -0.2) is 34.7 Å². The highest BCUT2D eigenvalue weighted by Crippen LogP contribution is 2.48. The third kappa shape index (κ3) is 2.71. The maximum absolute atomic E-state index is 11.6. The van der Waals surface area contributed by atoms with Crippen LogP contribution >= 0.6 is 0 Å². The fraction of sp³-hybridized carbons (Fsp3) is 0.588. The van der Waals surface area contributed by atoms with Crippen molar-refractivity contribution >= 4 is 5.97 Å². The lowest BCUT2D eigenvalue weighted by molar-refractivity contribution is -0.172. The zero-order valence-electron chi connectivity index (χ0n) is 12.7. The molecule has 0 saturated heterocycles. The van der Waals surface area contributed by atoms with Gasteiger partial charge in [-0.3, -0.25) is 0 Å². The van der Waals surface area contributed by atoms with Crippen LogP contribution in [0.25, 0.3) is 0 Å². The predicted octanol–water partition coefficient (Wildman–Crippen LogP) is 1.89. The number of carbonyl (C=O) groups is 1. The van der Waals surface area contributed by atoms with Gasteiger partial charge in [0.25, 0.3) is 0 Å². The largest absolute Gasteiger partial charge is 0.489 e. The van der Waals surface area contributed by atoms with E-state index in [0.717, 1.165) is 17.7 Å². The number of hydrogen-bond donors (Lipinski definition) is 2. The van der Waals surface area contributed by atoms with E-state index >= 15 is 0 Å². The van der Waals surface area contributed by atoms with Crippen LogP contribution < -0.4 is 4.74 Å². The highest BCUT2D eigenvalue weighted by molar-refractivity contribution is 5.78. The molecule has 0 aromatic heterocycles. The third-order valence-electron chi connectivity index (χ3n) is 4.76. The molecule has 0 amide bonds. The van der Waals surface area contributed by atoms with Gasteiger partial charge < -0.3 is 19.7 Å². The van der Waals surface area contributed by atoms with E-state index in [1.165, 1.54) is 25.3 Å². The number of carbonyl (C=O) groups excluding carboxylic acids is 1. The van der Waals surface area contributed by atoms with Gasteiger partial charge in [-0.05, 0) is 44.6 Å². The molecule has 5 nitrogen and oxygen atoms in total. The normalized spacial score (nSPS) is 25.0. The van der Waals surface area contributed by atoms with E-state index in [0.29, 0.717) is 12.3 Å². The Balaban J connectivity index is 1.72. The SMILES string of the molecule is CC(O)(CCc1cccc2c1O[C@@H]1CCC[C@H]21)C(=O)OCO. The van der Waals surface area contributed by atoms with E-state index in [4.69, 9.17) is 9.84 Å². The summed E-state index contributed by atoms with van der Waals surface area (Å²) in [7, 11) is 0. The molecule has 3 atom stereocenters. The predicted molar refractivity (Wildman–Crippen MR) is 79.6 cm³/mol. The number of rotatable bonds is 5. The van der Waals surface area contributed by atoms with E-state index in [-0.39, 0.29) is 12.5 Å². The first kappa shape index (κ1) is 15.3. The lowest BCUT2D eigenvalue weighted by atomic mass is 9.92. The highest BCUT2D eigenvalue weighted by Gasteiger charge is 2.39. The van der Waals surface area contributed by atoms with Gasteiger partial charge in [0.2, 0.25) is 0 Å². The molecule has 1 unspecified atom stereocenters. The van der Waals surface area contributed by atoms with Crippen molar-refractivity contribution in [3.63, 3.8) is 0 Å². The van der Waals surface area contributed by atoms with E-state index in [1.54, 1.807) is 0 Å².